The molecule has 1 aromatic rings. The highest BCUT2D eigenvalue weighted by Crippen LogP contribution is 2.21. The van der Waals surface area contributed by atoms with Gasteiger partial charge in [-0.3, -0.25) is 4.79 Å². The predicted molar refractivity (Wildman–Crippen MR) is 72.3 cm³/mol. The number of carbonyl (C=O) groups excluding carboxylic acids is 1. The second-order valence-corrected chi connectivity index (χ2v) is 6.08. The van der Waals surface area contributed by atoms with E-state index < -0.39 is 10.0 Å². The van der Waals surface area contributed by atoms with Crippen LogP contribution in [0.1, 0.15) is 6.92 Å². The molecule has 6 nitrogen and oxygen atoms in total. The summed E-state index contributed by atoms with van der Waals surface area (Å²) in [5.41, 5.74) is 0.320. The third-order valence-corrected chi connectivity index (χ3v) is 4.52. The summed E-state index contributed by atoms with van der Waals surface area (Å²) in [4.78, 5) is 12.0. The number of hydrogen-bond donors (Lipinski definition) is 3. The van der Waals surface area contributed by atoms with Crippen molar-refractivity contribution in [3.8, 4) is 0 Å². The number of rotatable bonds is 5. The molecule has 1 fully saturated rings. The zero-order valence-electron chi connectivity index (χ0n) is 10.6. The first-order chi connectivity index (χ1) is 9.04. The highest BCUT2D eigenvalue weighted by atomic mass is 32.2. The summed E-state index contributed by atoms with van der Waals surface area (Å²) in [6.45, 7) is 3.28. The minimum absolute atomic E-state index is 0.0881. The lowest BCUT2D eigenvalue weighted by atomic mass is 10.0. The molecule has 0 aliphatic carbocycles. The largest absolute Gasteiger partial charge is 0.325 e. The first kappa shape index (κ1) is 14.0. The number of nitrogens with one attached hydrogen (secondary N) is 3. The Morgan fingerprint density at radius 3 is 2.63 bits per heavy atom. The van der Waals surface area contributed by atoms with E-state index in [1.807, 2.05) is 0 Å². The Balaban J connectivity index is 2.23. The van der Waals surface area contributed by atoms with Crippen LogP contribution in [-0.4, -0.2) is 34.0 Å². The molecule has 1 aliphatic rings. The molecule has 104 valence electrons. The van der Waals surface area contributed by atoms with Crippen LogP contribution in [0.4, 0.5) is 5.69 Å². The average Bonchev–Trinajstić information content (AvgIpc) is 2.26. The fourth-order valence-corrected chi connectivity index (χ4v) is 2.98. The van der Waals surface area contributed by atoms with Gasteiger partial charge >= 0.3 is 0 Å². The maximum absolute atomic E-state index is 12.0. The minimum Gasteiger partial charge on any atom is -0.325 e. The number of carbonyl (C=O) groups is 1. The lowest BCUT2D eigenvalue weighted by molar-refractivity contribution is -0.121. The van der Waals surface area contributed by atoms with E-state index in [2.05, 4.69) is 15.4 Å². The second kappa shape index (κ2) is 5.68. The fraction of sp³-hybridized carbons (Fsp3) is 0.417. The molecule has 0 radical (unpaired) electrons. The van der Waals surface area contributed by atoms with Gasteiger partial charge in [0, 0.05) is 19.6 Å². The van der Waals surface area contributed by atoms with Crippen molar-refractivity contribution in [1.29, 1.82) is 0 Å². The first-order valence-electron chi connectivity index (χ1n) is 6.15. The highest BCUT2D eigenvalue weighted by molar-refractivity contribution is 7.89. The van der Waals surface area contributed by atoms with Crippen LogP contribution < -0.4 is 15.4 Å². The SMILES string of the molecule is CCNS(=O)(=O)c1ccccc1NC(=O)C1CNC1. The lowest BCUT2D eigenvalue weighted by Crippen LogP contribution is -2.48. The summed E-state index contributed by atoms with van der Waals surface area (Å²) in [5.74, 6) is -0.243. The van der Waals surface area contributed by atoms with Crippen molar-refractivity contribution in [1.82, 2.24) is 10.0 Å². The summed E-state index contributed by atoms with van der Waals surface area (Å²) >= 11 is 0. The van der Waals surface area contributed by atoms with E-state index in [-0.39, 0.29) is 16.7 Å². The normalized spacial score (nSPS) is 15.8. The van der Waals surface area contributed by atoms with Gasteiger partial charge in [0.1, 0.15) is 4.90 Å². The van der Waals surface area contributed by atoms with Gasteiger partial charge in [0.2, 0.25) is 15.9 Å². The van der Waals surface area contributed by atoms with E-state index in [4.69, 9.17) is 0 Å². The Kier molecular flexibility index (Phi) is 4.18. The van der Waals surface area contributed by atoms with E-state index in [1.54, 1.807) is 25.1 Å². The minimum atomic E-state index is -3.58. The van der Waals surface area contributed by atoms with Crippen molar-refractivity contribution in [2.24, 2.45) is 5.92 Å². The van der Waals surface area contributed by atoms with E-state index >= 15 is 0 Å². The van der Waals surface area contributed by atoms with Crippen LogP contribution in [0, 0.1) is 5.92 Å². The molecule has 1 aromatic carbocycles. The first-order valence-corrected chi connectivity index (χ1v) is 7.63. The Bertz CT molecular complexity index is 567. The van der Waals surface area contributed by atoms with Crippen LogP contribution in [0.3, 0.4) is 0 Å². The Morgan fingerprint density at radius 1 is 1.37 bits per heavy atom. The van der Waals surface area contributed by atoms with Crippen LogP contribution in [-0.2, 0) is 14.8 Å². The molecule has 0 aromatic heterocycles. The van der Waals surface area contributed by atoms with E-state index in [0.29, 0.717) is 25.3 Å². The van der Waals surface area contributed by atoms with Crippen molar-refractivity contribution < 1.29 is 13.2 Å². The summed E-state index contributed by atoms with van der Waals surface area (Å²) in [6.07, 6.45) is 0. The van der Waals surface area contributed by atoms with Crippen LogP contribution in [0.2, 0.25) is 0 Å². The molecule has 0 saturated carbocycles. The molecular weight excluding hydrogens is 266 g/mol. The molecule has 1 heterocycles. The quantitative estimate of drug-likeness (QED) is 0.717. The lowest BCUT2D eigenvalue weighted by Gasteiger charge is -2.26. The van der Waals surface area contributed by atoms with Crippen molar-refractivity contribution in [2.75, 3.05) is 25.0 Å². The molecule has 0 bridgehead atoms. The molecule has 3 N–H and O–H groups in total. The van der Waals surface area contributed by atoms with Crippen LogP contribution in [0.15, 0.2) is 29.2 Å². The molecule has 1 amide bonds. The summed E-state index contributed by atoms with van der Waals surface area (Å²) in [5, 5.41) is 5.68. The van der Waals surface area contributed by atoms with E-state index in [1.165, 1.54) is 6.07 Å². The van der Waals surface area contributed by atoms with Crippen LogP contribution in [0.25, 0.3) is 0 Å². The fourth-order valence-electron chi connectivity index (χ4n) is 1.78. The monoisotopic (exact) mass is 283 g/mol. The maximum Gasteiger partial charge on any atom is 0.242 e. The summed E-state index contributed by atoms with van der Waals surface area (Å²) in [7, 11) is -3.58. The highest BCUT2D eigenvalue weighted by Gasteiger charge is 2.26. The topological polar surface area (TPSA) is 87.3 Å². The molecule has 2 rings (SSSR count). The van der Waals surface area contributed by atoms with Crippen molar-refractivity contribution in [3.05, 3.63) is 24.3 Å². The standard InChI is InChI=1S/C12H17N3O3S/c1-2-14-19(17,18)11-6-4-3-5-10(11)15-12(16)9-7-13-8-9/h3-6,9,13-14H,2,7-8H2,1H3,(H,15,16). The van der Waals surface area contributed by atoms with Gasteiger partial charge in [-0.1, -0.05) is 19.1 Å². The van der Waals surface area contributed by atoms with Crippen LogP contribution in [0.5, 0.6) is 0 Å². The zero-order valence-corrected chi connectivity index (χ0v) is 11.5. The number of anilines is 1. The van der Waals surface area contributed by atoms with Gasteiger partial charge in [0.25, 0.3) is 0 Å². The van der Waals surface area contributed by atoms with Gasteiger partial charge in [0.15, 0.2) is 0 Å². The molecule has 0 spiro atoms. The smallest absolute Gasteiger partial charge is 0.242 e. The Hall–Kier alpha value is -1.44. The van der Waals surface area contributed by atoms with Gasteiger partial charge in [-0.25, -0.2) is 13.1 Å². The van der Waals surface area contributed by atoms with Crippen molar-refractivity contribution in [3.63, 3.8) is 0 Å². The third kappa shape index (κ3) is 3.12. The molecule has 7 heteroatoms. The van der Waals surface area contributed by atoms with E-state index in [9.17, 15) is 13.2 Å². The Morgan fingerprint density at radius 2 is 2.05 bits per heavy atom. The molecular formula is C12H17N3O3S. The molecule has 1 aliphatic heterocycles. The number of benzene rings is 1. The van der Waals surface area contributed by atoms with Crippen molar-refractivity contribution >= 4 is 21.6 Å². The van der Waals surface area contributed by atoms with Gasteiger partial charge < -0.3 is 10.6 Å². The third-order valence-electron chi connectivity index (χ3n) is 2.92. The summed E-state index contributed by atoms with van der Waals surface area (Å²) in [6, 6.07) is 6.39. The predicted octanol–water partition coefficient (Wildman–Crippen LogP) is 0.143. The zero-order chi connectivity index (χ0) is 13.9. The number of hydrogen-bond acceptors (Lipinski definition) is 4. The summed E-state index contributed by atoms with van der Waals surface area (Å²) < 4.78 is 26.4. The second-order valence-electron chi connectivity index (χ2n) is 4.34. The van der Waals surface area contributed by atoms with Gasteiger partial charge in [-0.15, -0.1) is 0 Å². The molecule has 19 heavy (non-hydrogen) atoms. The molecule has 0 unspecified atom stereocenters. The van der Waals surface area contributed by atoms with Crippen molar-refractivity contribution in [2.45, 2.75) is 11.8 Å². The maximum atomic E-state index is 12.0. The number of sulfonamides is 1. The molecule has 0 atom stereocenters. The molecule has 1 saturated heterocycles. The number of para-hydroxylation sites is 1. The van der Waals surface area contributed by atoms with Gasteiger partial charge in [-0.05, 0) is 12.1 Å². The van der Waals surface area contributed by atoms with Crippen LogP contribution >= 0.6 is 0 Å². The Labute approximate surface area is 112 Å². The average molecular weight is 283 g/mol. The van der Waals surface area contributed by atoms with Gasteiger partial charge in [0.05, 0.1) is 11.6 Å². The number of amides is 1. The van der Waals surface area contributed by atoms with E-state index in [0.717, 1.165) is 0 Å². The van der Waals surface area contributed by atoms with Gasteiger partial charge in [-0.2, -0.15) is 0 Å².